The fourth-order valence-corrected chi connectivity index (χ4v) is 6.31. The lowest BCUT2D eigenvalue weighted by atomic mass is 9.78. The standard InChI is InChI=1S/C32H34F3NO4/c1-30(2,3)28(39-4)24-14-19(7-10-23(24)21-11-13-36-27(15-21)32(33,34)35)18-40-22-9-8-20-6-5-12-31(25(20)16-22)17-26(31)29(37)38/h7-11,13-16,26,28H,5-6,12,17-18H2,1-4H3,(H,37,38)/t26-,28+,31+/m0/s1. The Hall–Kier alpha value is -3.39. The summed E-state index contributed by atoms with van der Waals surface area (Å²) in [4.78, 5) is 15.2. The maximum Gasteiger partial charge on any atom is 0.433 e. The maximum atomic E-state index is 13.4. The number of carbonyl (C=O) groups is 1. The Bertz CT molecular complexity index is 1430. The van der Waals surface area contributed by atoms with Crippen LogP contribution in [0.5, 0.6) is 5.75 Å². The number of carboxylic acids is 1. The summed E-state index contributed by atoms with van der Waals surface area (Å²) in [6.07, 6.45) is -0.298. The molecule has 1 saturated carbocycles. The van der Waals surface area contributed by atoms with Crippen molar-refractivity contribution in [1.82, 2.24) is 4.98 Å². The van der Waals surface area contributed by atoms with Gasteiger partial charge in [-0.05, 0) is 94.8 Å². The van der Waals surface area contributed by atoms with Gasteiger partial charge in [-0.3, -0.25) is 9.78 Å². The number of halogens is 3. The van der Waals surface area contributed by atoms with Crippen LogP contribution in [0.15, 0.2) is 54.7 Å². The molecule has 2 aliphatic carbocycles. The summed E-state index contributed by atoms with van der Waals surface area (Å²) in [6.45, 7) is 6.30. The van der Waals surface area contributed by atoms with E-state index in [4.69, 9.17) is 9.47 Å². The van der Waals surface area contributed by atoms with E-state index in [1.54, 1.807) is 13.2 Å². The molecular weight excluding hydrogens is 519 g/mol. The van der Waals surface area contributed by atoms with Crippen molar-refractivity contribution in [2.45, 2.75) is 70.8 Å². The van der Waals surface area contributed by atoms with Gasteiger partial charge in [0, 0.05) is 18.7 Å². The molecule has 5 nitrogen and oxygen atoms in total. The number of ether oxygens (including phenoxy) is 2. The van der Waals surface area contributed by atoms with Gasteiger partial charge in [0.2, 0.25) is 0 Å². The molecule has 0 amide bonds. The second kappa shape index (κ2) is 10.2. The molecule has 0 radical (unpaired) electrons. The Kier molecular flexibility index (Phi) is 7.19. The maximum absolute atomic E-state index is 13.4. The SMILES string of the molecule is CO[C@H](c1cc(COc2ccc3c(c2)[C@@]2(CCC3)C[C@H]2C(=O)O)ccc1-c1ccnc(C(F)(F)F)c1)C(C)(C)C. The van der Waals surface area contributed by atoms with Gasteiger partial charge in [-0.2, -0.15) is 13.2 Å². The number of rotatable bonds is 7. The first-order valence-corrected chi connectivity index (χ1v) is 13.5. The molecule has 40 heavy (non-hydrogen) atoms. The molecule has 1 N–H and O–H groups in total. The molecule has 0 unspecified atom stereocenters. The van der Waals surface area contributed by atoms with Gasteiger partial charge in [-0.15, -0.1) is 0 Å². The van der Waals surface area contributed by atoms with Crippen LogP contribution in [0.25, 0.3) is 11.1 Å². The van der Waals surface area contributed by atoms with Crippen LogP contribution in [0.2, 0.25) is 0 Å². The van der Waals surface area contributed by atoms with E-state index in [1.165, 1.54) is 11.8 Å². The van der Waals surface area contributed by atoms with Crippen molar-refractivity contribution >= 4 is 5.97 Å². The Morgan fingerprint density at radius 2 is 1.90 bits per heavy atom. The monoisotopic (exact) mass is 553 g/mol. The van der Waals surface area contributed by atoms with Gasteiger partial charge in [0.05, 0.1) is 12.0 Å². The van der Waals surface area contributed by atoms with Crippen LogP contribution < -0.4 is 4.74 Å². The van der Waals surface area contributed by atoms with Gasteiger partial charge >= 0.3 is 12.1 Å². The molecular formula is C32H34F3NO4. The van der Waals surface area contributed by atoms with Gasteiger partial charge in [0.15, 0.2) is 0 Å². The van der Waals surface area contributed by atoms with Crippen LogP contribution in [0.4, 0.5) is 13.2 Å². The van der Waals surface area contributed by atoms with Gasteiger partial charge in [0.25, 0.3) is 0 Å². The number of alkyl halides is 3. The lowest BCUT2D eigenvalue weighted by Gasteiger charge is -2.32. The lowest BCUT2D eigenvalue weighted by Crippen LogP contribution is -2.21. The predicted octanol–water partition coefficient (Wildman–Crippen LogP) is 7.76. The molecule has 1 aromatic heterocycles. The molecule has 8 heteroatoms. The number of nitrogens with zero attached hydrogens (tertiary/aromatic N) is 1. The summed E-state index contributed by atoms with van der Waals surface area (Å²) >= 11 is 0. The largest absolute Gasteiger partial charge is 0.489 e. The molecule has 1 fully saturated rings. The van der Waals surface area contributed by atoms with Crippen molar-refractivity contribution in [2.75, 3.05) is 7.11 Å². The van der Waals surface area contributed by atoms with E-state index in [-0.39, 0.29) is 23.4 Å². The van der Waals surface area contributed by atoms with Crippen LogP contribution in [-0.2, 0) is 34.2 Å². The van der Waals surface area contributed by atoms with Crippen molar-refractivity contribution < 1.29 is 32.5 Å². The molecule has 1 spiro atoms. The topological polar surface area (TPSA) is 68.7 Å². The molecule has 0 bridgehead atoms. The highest BCUT2D eigenvalue weighted by molar-refractivity contribution is 5.78. The first-order valence-electron chi connectivity index (χ1n) is 13.5. The highest BCUT2D eigenvalue weighted by atomic mass is 19.4. The number of benzene rings is 2. The molecule has 3 atom stereocenters. The highest BCUT2D eigenvalue weighted by Gasteiger charge is 2.60. The lowest BCUT2D eigenvalue weighted by molar-refractivity contribution is -0.141. The molecule has 0 saturated heterocycles. The minimum Gasteiger partial charge on any atom is -0.489 e. The van der Waals surface area contributed by atoms with Crippen LogP contribution in [0.3, 0.4) is 0 Å². The number of aromatic nitrogens is 1. The van der Waals surface area contributed by atoms with Gasteiger partial charge in [-0.1, -0.05) is 39.0 Å². The van der Waals surface area contributed by atoms with Crippen molar-refractivity contribution in [3.8, 4) is 16.9 Å². The Morgan fingerprint density at radius 3 is 2.55 bits per heavy atom. The Morgan fingerprint density at radius 1 is 1.12 bits per heavy atom. The number of aliphatic carboxylic acids is 1. The molecule has 2 aromatic carbocycles. The zero-order chi connectivity index (χ0) is 28.9. The molecule has 5 rings (SSSR count). The van der Waals surface area contributed by atoms with Crippen LogP contribution in [0.1, 0.15) is 74.1 Å². The van der Waals surface area contributed by atoms with Crippen molar-refractivity contribution in [1.29, 1.82) is 0 Å². The van der Waals surface area contributed by atoms with Gasteiger partial charge < -0.3 is 14.6 Å². The Labute approximate surface area is 232 Å². The summed E-state index contributed by atoms with van der Waals surface area (Å²) < 4.78 is 52.3. The van der Waals surface area contributed by atoms with E-state index >= 15 is 0 Å². The normalized spacial score (nSPS) is 21.1. The smallest absolute Gasteiger partial charge is 0.433 e. The second-order valence-corrected chi connectivity index (χ2v) is 12.0. The van der Waals surface area contributed by atoms with Crippen LogP contribution in [-0.4, -0.2) is 23.2 Å². The molecule has 212 valence electrons. The Balaban J connectivity index is 1.45. The summed E-state index contributed by atoms with van der Waals surface area (Å²) in [7, 11) is 1.60. The first-order chi connectivity index (χ1) is 18.8. The zero-order valence-electron chi connectivity index (χ0n) is 23.1. The molecule has 0 aliphatic heterocycles. The summed E-state index contributed by atoms with van der Waals surface area (Å²) in [5.74, 6) is -0.411. The quantitative estimate of drug-likeness (QED) is 0.324. The zero-order valence-corrected chi connectivity index (χ0v) is 23.1. The van der Waals surface area contributed by atoms with Crippen molar-refractivity contribution in [2.24, 2.45) is 11.3 Å². The average molecular weight is 554 g/mol. The number of aryl methyl sites for hydroxylation is 1. The number of fused-ring (bicyclic) bond motifs is 2. The van der Waals surface area contributed by atoms with E-state index in [2.05, 4.69) is 4.98 Å². The third kappa shape index (κ3) is 5.33. The summed E-state index contributed by atoms with van der Waals surface area (Å²) in [5, 5.41) is 9.62. The highest BCUT2D eigenvalue weighted by Crippen LogP contribution is 2.60. The number of carboxylic acid groups (broad SMARTS) is 1. The van der Waals surface area contributed by atoms with Crippen molar-refractivity contribution in [3.05, 3.63) is 82.7 Å². The fraction of sp³-hybridized carbons (Fsp3) is 0.438. The number of methoxy groups -OCH3 is 1. The summed E-state index contributed by atoms with van der Waals surface area (Å²) in [5.41, 5.74) is 3.38. The van der Waals surface area contributed by atoms with E-state index in [0.29, 0.717) is 23.3 Å². The van der Waals surface area contributed by atoms with E-state index in [9.17, 15) is 23.1 Å². The predicted molar refractivity (Wildman–Crippen MR) is 145 cm³/mol. The number of hydrogen-bond acceptors (Lipinski definition) is 4. The van der Waals surface area contributed by atoms with Crippen LogP contribution in [0, 0.1) is 11.3 Å². The number of pyridine rings is 1. The van der Waals surface area contributed by atoms with Gasteiger partial charge in [-0.25, -0.2) is 0 Å². The third-order valence-electron chi connectivity index (χ3n) is 8.25. The minimum absolute atomic E-state index is 0.242. The molecule has 2 aliphatic rings. The molecule has 3 aromatic rings. The minimum atomic E-state index is -4.55. The van der Waals surface area contributed by atoms with Crippen LogP contribution >= 0.6 is 0 Å². The average Bonchev–Trinajstić information content (AvgIpc) is 3.62. The van der Waals surface area contributed by atoms with E-state index < -0.39 is 23.9 Å². The number of hydrogen-bond donors (Lipinski definition) is 1. The van der Waals surface area contributed by atoms with Gasteiger partial charge in [0.1, 0.15) is 18.1 Å². The second-order valence-electron chi connectivity index (χ2n) is 12.0. The third-order valence-corrected chi connectivity index (χ3v) is 8.25. The van der Waals surface area contributed by atoms with E-state index in [1.807, 2.05) is 57.2 Å². The first kappa shape index (κ1) is 28.1. The van der Waals surface area contributed by atoms with Crippen molar-refractivity contribution in [3.63, 3.8) is 0 Å². The fourth-order valence-electron chi connectivity index (χ4n) is 6.31. The molecule has 1 heterocycles. The van der Waals surface area contributed by atoms with E-state index in [0.717, 1.165) is 42.0 Å². The summed E-state index contributed by atoms with van der Waals surface area (Å²) in [6, 6.07) is 14.2.